The van der Waals surface area contributed by atoms with Crippen LogP contribution in [0, 0.1) is 22.7 Å². The first-order valence-electron chi connectivity index (χ1n) is 12.0. The number of fused-ring (bicyclic) bond motifs is 1. The number of thioether (sulfide) groups is 1. The molecular formula is C26H29Cl2N5OS2. The first-order valence-corrected chi connectivity index (χ1v) is 14.6. The van der Waals surface area contributed by atoms with E-state index in [1.54, 1.807) is 23.5 Å². The molecule has 1 amide bonds. The van der Waals surface area contributed by atoms with Crippen molar-refractivity contribution in [2.45, 2.75) is 65.1 Å². The lowest BCUT2D eigenvalue weighted by Gasteiger charge is -2.36. The molecule has 1 aliphatic carbocycles. The van der Waals surface area contributed by atoms with Gasteiger partial charge in [0.1, 0.15) is 11.1 Å². The third-order valence-electron chi connectivity index (χ3n) is 7.18. The molecule has 0 saturated heterocycles. The van der Waals surface area contributed by atoms with E-state index in [0.717, 1.165) is 36.8 Å². The summed E-state index contributed by atoms with van der Waals surface area (Å²) in [5, 5.41) is 23.8. The summed E-state index contributed by atoms with van der Waals surface area (Å²) in [6.07, 6.45) is 4.06. The second-order valence-electron chi connectivity index (χ2n) is 9.61. The highest BCUT2D eigenvalue weighted by molar-refractivity contribution is 7.99. The van der Waals surface area contributed by atoms with E-state index in [1.807, 2.05) is 17.6 Å². The fraction of sp³-hybridized carbons (Fsp3) is 0.462. The Kier molecular flexibility index (Phi) is 8.35. The zero-order chi connectivity index (χ0) is 26.0. The molecular weight excluding hydrogens is 533 g/mol. The van der Waals surface area contributed by atoms with E-state index < -0.39 is 0 Å². The van der Waals surface area contributed by atoms with Gasteiger partial charge in [-0.3, -0.25) is 4.79 Å². The molecule has 10 heteroatoms. The van der Waals surface area contributed by atoms with Crippen molar-refractivity contribution in [1.82, 2.24) is 14.8 Å². The molecule has 3 aromatic rings. The van der Waals surface area contributed by atoms with Gasteiger partial charge in [0.15, 0.2) is 11.0 Å². The fourth-order valence-corrected chi connectivity index (χ4v) is 7.18. The van der Waals surface area contributed by atoms with Gasteiger partial charge < -0.3 is 9.88 Å². The number of benzene rings is 1. The van der Waals surface area contributed by atoms with Gasteiger partial charge in [-0.1, -0.05) is 62.2 Å². The van der Waals surface area contributed by atoms with Gasteiger partial charge in [0, 0.05) is 22.0 Å². The number of halogens is 2. The standard InChI is InChI=1S/C26H29Cl2N5OS2/c1-5-26(3,4)15-7-9-17-19(13-29)24(36-21(17)11-15)30-22(34)14-35-25-32-31-23(33(25)6-2)18-10-8-16(27)12-20(18)28/h8,10,12,15H,5-7,9,11,14H2,1-4H3,(H,30,34)/t15-/m1/s1. The number of rotatable bonds is 8. The Morgan fingerprint density at radius 1 is 1.33 bits per heavy atom. The maximum absolute atomic E-state index is 12.9. The van der Waals surface area contributed by atoms with Crippen LogP contribution in [-0.4, -0.2) is 26.4 Å². The number of hydrogen-bond acceptors (Lipinski definition) is 6. The molecule has 0 saturated carbocycles. The summed E-state index contributed by atoms with van der Waals surface area (Å²) < 4.78 is 1.92. The van der Waals surface area contributed by atoms with Gasteiger partial charge in [0.25, 0.3) is 0 Å². The largest absolute Gasteiger partial charge is 0.316 e. The number of aromatic nitrogens is 3. The third kappa shape index (κ3) is 5.45. The van der Waals surface area contributed by atoms with E-state index in [9.17, 15) is 10.1 Å². The lowest BCUT2D eigenvalue weighted by Crippen LogP contribution is -2.28. The predicted octanol–water partition coefficient (Wildman–Crippen LogP) is 7.48. The molecule has 4 rings (SSSR count). The van der Waals surface area contributed by atoms with Gasteiger partial charge in [-0.05, 0) is 61.3 Å². The van der Waals surface area contributed by atoms with Gasteiger partial charge in [0.2, 0.25) is 5.91 Å². The Labute approximate surface area is 230 Å². The average Bonchev–Trinajstić information content (AvgIpc) is 3.42. The molecule has 0 unspecified atom stereocenters. The number of nitrogens with one attached hydrogen (secondary N) is 1. The van der Waals surface area contributed by atoms with E-state index in [0.29, 0.717) is 44.1 Å². The van der Waals surface area contributed by atoms with Crippen molar-refractivity contribution in [1.29, 1.82) is 5.26 Å². The molecule has 0 fully saturated rings. The molecule has 0 bridgehead atoms. The van der Waals surface area contributed by atoms with Crippen LogP contribution in [0.2, 0.25) is 10.0 Å². The molecule has 2 heterocycles. The van der Waals surface area contributed by atoms with Gasteiger partial charge in [0.05, 0.1) is 16.3 Å². The highest BCUT2D eigenvalue weighted by atomic mass is 35.5. The number of thiophene rings is 1. The van der Waals surface area contributed by atoms with Crippen LogP contribution in [0.15, 0.2) is 23.4 Å². The summed E-state index contributed by atoms with van der Waals surface area (Å²) in [6.45, 7) is 9.49. The summed E-state index contributed by atoms with van der Waals surface area (Å²) in [7, 11) is 0. The van der Waals surface area contributed by atoms with Gasteiger partial charge in [-0.15, -0.1) is 21.5 Å². The topological polar surface area (TPSA) is 83.6 Å². The number of anilines is 1. The van der Waals surface area contributed by atoms with E-state index in [-0.39, 0.29) is 17.1 Å². The highest BCUT2D eigenvalue weighted by Gasteiger charge is 2.34. The van der Waals surface area contributed by atoms with E-state index in [4.69, 9.17) is 23.2 Å². The van der Waals surface area contributed by atoms with Crippen LogP contribution in [0.5, 0.6) is 0 Å². The monoisotopic (exact) mass is 561 g/mol. The normalized spacial score (nSPS) is 15.4. The zero-order valence-corrected chi connectivity index (χ0v) is 24.0. The molecule has 0 spiro atoms. The summed E-state index contributed by atoms with van der Waals surface area (Å²) in [5.74, 6) is 1.20. The van der Waals surface area contributed by atoms with Crippen LogP contribution >= 0.6 is 46.3 Å². The molecule has 0 aliphatic heterocycles. The van der Waals surface area contributed by atoms with Crippen molar-refractivity contribution in [3.05, 3.63) is 44.2 Å². The number of amides is 1. The second kappa shape index (κ2) is 11.1. The Morgan fingerprint density at radius 2 is 2.11 bits per heavy atom. The molecule has 6 nitrogen and oxygen atoms in total. The predicted molar refractivity (Wildman–Crippen MR) is 149 cm³/mol. The number of nitrogens with zero attached hydrogens (tertiary/aromatic N) is 4. The van der Waals surface area contributed by atoms with Crippen LogP contribution in [0.3, 0.4) is 0 Å². The molecule has 0 radical (unpaired) electrons. The Morgan fingerprint density at radius 3 is 2.78 bits per heavy atom. The van der Waals surface area contributed by atoms with Gasteiger partial charge >= 0.3 is 0 Å². The summed E-state index contributed by atoms with van der Waals surface area (Å²) in [5.41, 5.74) is 2.74. The minimum Gasteiger partial charge on any atom is -0.316 e. The zero-order valence-electron chi connectivity index (χ0n) is 20.8. The highest BCUT2D eigenvalue weighted by Crippen LogP contribution is 2.45. The Hall–Kier alpha value is -2.05. The van der Waals surface area contributed by atoms with Crippen molar-refractivity contribution >= 4 is 57.2 Å². The molecule has 2 aromatic heterocycles. The minimum absolute atomic E-state index is 0.158. The first kappa shape index (κ1) is 27.0. The van der Waals surface area contributed by atoms with E-state index >= 15 is 0 Å². The number of nitriles is 1. The van der Waals surface area contributed by atoms with Crippen LogP contribution < -0.4 is 5.32 Å². The minimum atomic E-state index is -0.169. The Bertz CT molecular complexity index is 1320. The molecule has 36 heavy (non-hydrogen) atoms. The molecule has 190 valence electrons. The van der Waals surface area contributed by atoms with Crippen molar-refractivity contribution in [2.75, 3.05) is 11.1 Å². The number of hydrogen-bond donors (Lipinski definition) is 1. The van der Waals surface area contributed by atoms with E-state index in [2.05, 4.69) is 42.4 Å². The maximum atomic E-state index is 12.9. The Balaban J connectivity index is 1.46. The fourth-order valence-electron chi connectivity index (χ4n) is 4.59. The molecule has 1 atom stereocenters. The van der Waals surface area contributed by atoms with Crippen molar-refractivity contribution in [3.8, 4) is 17.5 Å². The maximum Gasteiger partial charge on any atom is 0.235 e. The number of carbonyl (C=O) groups excluding carboxylic acids is 1. The van der Waals surface area contributed by atoms with Crippen molar-refractivity contribution in [3.63, 3.8) is 0 Å². The van der Waals surface area contributed by atoms with Crippen molar-refractivity contribution < 1.29 is 4.79 Å². The first-order chi connectivity index (χ1) is 17.2. The van der Waals surface area contributed by atoms with E-state index in [1.165, 1.54) is 16.6 Å². The molecule has 1 aliphatic rings. The average molecular weight is 563 g/mol. The van der Waals surface area contributed by atoms with Gasteiger partial charge in [-0.25, -0.2) is 0 Å². The molecule has 1 aromatic carbocycles. The van der Waals surface area contributed by atoms with Crippen LogP contribution in [0.1, 0.15) is 56.5 Å². The smallest absolute Gasteiger partial charge is 0.235 e. The van der Waals surface area contributed by atoms with Gasteiger partial charge in [-0.2, -0.15) is 5.26 Å². The second-order valence-corrected chi connectivity index (χ2v) is 12.5. The lowest BCUT2D eigenvalue weighted by molar-refractivity contribution is -0.113. The lowest BCUT2D eigenvalue weighted by atomic mass is 9.69. The summed E-state index contributed by atoms with van der Waals surface area (Å²) in [6, 6.07) is 7.59. The van der Waals surface area contributed by atoms with Crippen LogP contribution in [-0.2, 0) is 24.2 Å². The summed E-state index contributed by atoms with van der Waals surface area (Å²) in [4.78, 5) is 14.1. The quantitative estimate of drug-likeness (QED) is 0.288. The third-order valence-corrected chi connectivity index (χ3v) is 9.87. The number of carbonyl (C=O) groups is 1. The SMILES string of the molecule is CCn1c(SCC(=O)Nc2sc3c(c2C#N)CC[C@@H](C(C)(C)CC)C3)nnc1-c1ccc(Cl)cc1Cl. The van der Waals surface area contributed by atoms with Crippen LogP contribution in [0.4, 0.5) is 5.00 Å². The van der Waals surface area contributed by atoms with Crippen LogP contribution in [0.25, 0.3) is 11.4 Å². The van der Waals surface area contributed by atoms with Crippen molar-refractivity contribution in [2.24, 2.45) is 11.3 Å². The summed E-state index contributed by atoms with van der Waals surface area (Å²) >= 11 is 15.3. The molecule has 1 N–H and O–H groups in total.